The molecule has 3 aromatic carbocycles. The monoisotopic (exact) mass is 451 g/mol. The topological polar surface area (TPSA) is 79.8 Å². The van der Waals surface area contributed by atoms with E-state index in [0.29, 0.717) is 22.6 Å². The van der Waals surface area contributed by atoms with E-state index in [1.54, 1.807) is 61.9 Å². The number of hydrogen-bond acceptors (Lipinski definition) is 4. The first-order chi connectivity index (χ1) is 14.1. The Hall–Kier alpha value is -3.45. The molecule has 0 spiro atoms. The van der Waals surface area contributed by atoms with Crippen LogP contribution in [0.5, 0.6) is 5.75 Å². The minimum Gasteiger partial charge on any atom is -0.497 e. The number of amides is 2. The third kappa shape index (κ3) is 5.52. The number of hydrogen-bond donors (Lipinski definition) is 2. The Morgan fingerprint density at radius 2 is 1.62 bits per heavy atom. The van der Waals surface area contributed by atoms with Gasteiger partial charge in [0.1, 0.15) is 5.75 Å². The number of rotatable bonds is 6. The highest BCUT2D eigenvalue weighted by molar-refractivity contribution is 9.10. The Bertz CT molecular complexity index is 1030. The maximum atomic E-state index is 12.5. The van der Waals surface area contributed by atoms with E-state index in [1.165, 1.54) is 0 Å². The number of hydrazone groups is 1. The lowest BCUT2D eigenvalue weighted by Gasteiger charge is -2.10. The molecule has 0 radical (unpaired) electrons. The van der Waals surface area contributed by atoms with Gasteiger partial charge in [0, 0.05) is 10.0 Å². The molecule has 2 amide bonds. The van der Waals surface area contributed by atoms with Crippen molar-refractivity contribution in [2.24, 2.45) is 5.10 Å². The zero-order chi connectivity index (χ0) is 20.6. The summed E-state index contributed by atoms with van der Waals surface area (Å²) in [6.45, 7) is 0. The number of benzene rings is 3. The number of carbonyl (C=O) groups excluding carboxylic acids is 2. The van der Waals surface area contributed by atoms with Crippen LogP contribution in [-0.4, -0.2) is 25.1 Å². The molecule has 0 atom stereocenters. The highest BCUT2D eigenvalue weighted by Crippen LogP contribution is 2.18. The van der Waals surface area contributed by atoms with E-state index in [9.17, 15) is 9.59 Å². The highest BCUT2D eigenvalue weighted by Gasteiger charge is 2.13. The van der Waals surface area contributed by atoms with Gasteiger partial charge in [0.15, 0.2) is 0 Å². The average molecular weight is 452 g/mol. The van der Waals surface area contributed by atoms with Crippen LogP contribution in [-0.2, 0) is 0 Å². The molecule has 146 valence electrons. The van der Waals surface area contributed by atoms with Crippen LogP contribution in [0.4, 0.5) is 5.69 Å². The number of carbonyl (C=O) groups is 2. The summed E-state index contributed by atoms with van der Waals surface area (Å²) in [5.74, 6) is -0.0970. The van der Waals surface area contributed by atoms with Gasteiger partial charge in [-0.05, 0) is 54.1 Å². The molecule has 2 N–H and O–H groups in total. The molecular weight excluding hydrogens is 434 g/mol. The number of nitrogens with zero attached hydrogens (tertiary/aromatic N) is 1. The Kier molecular flexibility index (Phi) is 6.76. The van der Waals surface area contributed by atoms with Crippen molar-refractivity contribution in [1.29, 1.82) is 0 Å². The SMILES string of the molecule is COc1ccc(C(=O)Nc2ccccc2C(=O)NN=Cc2ccc(Br)cc2)cc1. The maximum Gasteiger partial charge on any atom is 0.273 e. The molecular formula is C22H18BrN3O3. The summed E-state index contributed by atoms with van der Waals surface area (Å²) < 4.78 is 6.05. The predicted octanol–water partition coefficient (Wildman–Crippen LogP) is 4.47. The Labute approximate surface area is 176 Å². The quantitative estimate of drug-likeness (QED) is 0.428. The second-order valence-electron chi connectivity index (χ2n) is 5.98. The molecule has 29 heavy (non-hydrogen) atoms. The van der Waals surface area contributed by atoms with Crippen molar-refractivity contribution in [2.45, 2.75) is 0 Å². The largest absolute Gasteiger partial charge is 0.497 e. The Morgan fingerprint density at radius 1 is 0.931 bits per heavy atom. The summed E-state index contributed by atoms with van der Waals surface area (Å²) in [6, 6.07) is 20.9. The second kappa shape index (κ2) is 9.66. The van der Waals surface area contributed by atoms with Gasteiger partial charge in [0.2, 0.25) is 0 Å². The summed E-state index contributed by atoms with van der Waals surface area (Å²) in [6.07, 6.45) is 1.54. The second-order valence-corrected chi connectivity index (χ2v) is 6.89. The molecule has 0 bridgehead atoms. The number of halogens is 1. The molecule has 0 aromatic heterocycles. The van der Waals surface area contributed by atoms with Gasteiger partial charge in [-0.2, -0.15) is 5.10 Å². The Morgan fingerprint density at radius 3 is 2.31 bits per heavy atom. The van der Waals surface area contributed by atoms with E-state index in [1.807, 2.05) is 24.3 Å². The van der Waals surface area contributed by atoms with Gasteiger partial charge in [-0.25, -0.2) is 5.43 Å². The van der Waals surface area contributed by atoms with Crippen LogP contribution in [0.3, 0.4) is 0 Å². The van der Waals surface area contributed by atoms with Crippen LogP contribution < -0.4 is 15.5 Å². The molecule has 0 unspecified atom stereocenters. The molecule has 0 saturated carbocycles. The summed E-state index contributed by atoms with van der Waals surface area (Å²) in [5, 5.41) is 6.74. The summed E-state index contributed by atoms with van der Waals surface area (Å²) >= 11 is 3.36. The van der Waals surface area contributed by atoms with Crippen LogP contribution in [0.2, 0.25) is 0 Å². The van der Waals surface area contributed by atoms with Crippen molar-refractivity contribution in [3.8, 4) is 5.75 Å². The fourth-order valence-electron chi connectivity index (χ4n) is 2.50. The van der Waals surface area contributed by atoms with Gasteiger partial charge in [-0.15, -0.1) is 0 Å². The molecule has 3 aromatic rings. The first kappa shape index (κ1) is 20.3. The average Bonchev–Trinajstić information content (AvgIpc) is 2.75. The van der Waals surface area contributed by atoms with Gasteiger partial charge in [-0.1, -0.05) is 40.2 Å². The molecule has 3 rings (SSSR count). The summed E-state index contributed by atoms with van der Waals surface area (Å²) in [7, 11) is 1.56. The van der Waals surface area contributed by atoms with E-state index >= 15 is 0 Å². The van der Waals surface area contributed by atoms with E-state index in [4.69, 9.17) is 4.74 Å². The lowest BCUT2D eigenvalue weighted by molar-refractivity contribution is 0.0956. The van der Waals surface area contributed by atoms with Crippen LogP contribution in [0.25, 0.3) is 0 Å². The van der Waals surface area contributed by atoms with Gasteiger partial charge in [0.05, 0.1) is 24.6 Å². The van der Waals surface area contributed by atoms with Gasteiger partial charge in [0.25, 0.3) is 11.8 Å². The number of para-hydroxylation sites is 1. The number of methoxy groups -OCH3 is 1. The molecule has 0 aliphatic rings. The number of anilines is 1. The number of nitrogens with one attached hydrogen (secondary N) is 2. The van der Waals surface area contributed by atoms with E-state index in [0.717, 1.165) is 10.0 Å². The predicted molar refractivity (Wildman–Crippen MR) is 117 cm³/mol. The van der Waals surface area contributed by atoms with E-state index in [2.05, 4.69) is 31.8 Å². The Balaban J connectivity index is 1.69. The van der Waals surface area contributed by atoms with E-state index < -0.39 is 5.91 Å². The molecule has 0 aliphatic carbocycles. The fraction of sp³-hybridized carbons (Fsp3) is 0.0455. The third-order valence-electron chi connectivity index (χ3n) is 4.02. The minimum atomic E-state index is -0.427. The van der Waals surface area contributed by atoms with Crippen molar-refractivity contribution in [1.82, 2.24) is 5.43 Å². The van der Waals surface area contributed by atoms with Gasteiger partial charge >= 0.3 is 0 Å². The zero-order valence-electron chi connectivity index (χ0n) is 15.6. The molecule has 7 heteroatoms. The van der Waals surface area contributed by atoms with Crippen molar-refractivity contribution < 1.29 is 14.3 Å². The molecule has 0 heterocycles. The smallest absolute Gasteiger partial charge is 0.273 e. The van der Waals surface area contributed by atoms with Crippen molar-refractivity contribution in [3.63, 3.8) is 0 Å². The first-order valence-electron chi connectivity index (χ1n) is 8.70. The van der Waals surface area contributed by atoms with Crippen LogP contribution in [0.15, 0.2) is 82.4 Å². The molecule has 0 fully saturated rings. The number of ether oxygens (including phenoxy) is 1. The molecule has 0 saturated heterocycles. The first-order valence-corrected chi connectivity index (χ1v) is 9.49. The van der Waals surface area contributed by atoms with Crippen LogP contribution in [0, 0.1) is 0 Å². The third-order valence-corrected chi connectivity index (χ3v) is 4.55. The van der Waals surface area contributed by atoms with Crippen LogP contribution in [0.1, 0.15) is 26.3 Å². The van der Waals surface area contributed by atoms with Crippen LogP contribution >= 0.6 is 15.9 Å². The van der Waals surface area contributed by atoms with Gasteiger partial charge in [-0.3, -0.25) is 9.59 Å². The highest BCUT2D eigenvalue weighted by atomic mass is 79.9. The van der Waals surface area contributed by atoms with Crippen molar-refractivity contribution >= 4 is 39.6 Å². The summed E-state index contributed by atoms with van der Waals surface area (Å²) in [5.41, 5.74) is 4.48. The lowest BCUT2D eigenvalue weighted by Crippen LogP contribution is -2.21. The normalized spacial score (nSPS) is 10.6. The maximum absolute atomic E-state index is 12.5. The fourth-order valence-corrected chi connectivity index (χ4v) is 2.77. The minimum absolute atomic E-state index is 0.308. The van der Waals surface area contributed by atoms with Crippen molar-refractivity contribution in [2.75, 3.05) is 12.4 Å². The molecule has 6 nitrogen and oxygen atoms in total. The molecule has 0 aliphatic heterocycles. The van der Waals surface area contributed by atoms with E-state index in [-0.39, 0.29) is 5.91 Å². The standard InChI is InChI=1S/C22H18BrN3O3/c1-29-18-12-8-16(9-13-18)21(27)25-20-5-3-2-4-19(20)22(28)26-24-14-15-6-10-17(23)11-7-15/h2-14H,1H3,(H,25,27)(H,26,28). The summed E-state index contributed by atoms with van der Waals surface area (Å²) in [4.78, 5) is 25.0. The lowest BCUT2D eigenvalue weighted by atomic mass is 10.1. The zero-order valence-corrected chi connectivity index (χ0v) is 17.1. The van der Waals surface area contributed by atoms with Gasteiger partial charge < -0.3 is 10.1 Å². The van der Waals surface area contributed by atoms with Crippen molar-refractivity contribution in [3.05, 3.63) is 94.0 Å².